The summed E-state index contributed by atoms with van der Waals surface area (Å²) in [6.45, 7) is 1.70. The highest BCUT2D eigenvalue weighted by Gasteiger charge is 2.01. The minimum absolute atomic E-state index is 0.733. The topological polar surface area (TPSA) is 48.3 Å². The predicted molar refractivity (Wildman–Crippen MR) is 69.2 cm³/mol. The summed E-state index contributed by atoms with van der Waals surface area (Å²) in [4.78, 5) is 0. The van der Waals surface area contributed by atoms with E-state index >= 15 is 0 Å². The number of aromatic nitrogens is 2. The molecule has 2 aromatic rings. The number of methoxy groups -OCH3 is 1. The molecule has 96 valence electrons. The molecule has 0 spiro atoms. The van der Waals surface area contributed by atoms with Gasteiger partial charge in [-0.05, 0) is 31.3 Å². The third-order valence-corrected chi connectivity index (χ3v) is 2.50. The molecule has 0 fully saturated rings. The zero-order chi connectivity index (χ0) is 12.8. The van der Waals surface area contributed by atoms with Gasteiger partial charge >= 0.3 is 0 Å². The van der Waals surface area contributed by atoms with Crippen LogP contribution in [-0.4, -0.2) is 30.5 Å². The van der Waals surface area contributed by atoms with Crippen molar-refractivity contribution in [1.29, 1.82) is 0 Å². The molecule has 0 bridgehead atoms. The van der Waals surface area contributed by atoms with Crippen molar-refractivity contribution in [2.45, 2.75) is 6.54 Å². The van der Waals surface area contributed by atoms with Crippen LogP contribution in [0.4, 0.5) is 0 Å². The Kier molecular flexibility index (Phi) is 4.20. The van der Waals surface area contributed by atoms with Gasteiger partial charge in [-0.3, -0.25) is 4.68 Å². The molecule has 1 N–H and O–H groups in total. The number of nitrogens with one attached hydrogen (secondary N) is 1. The Morgan fingerprint density at radius 1 is 1.17 bits per heavy atom. The lowest BCUT2D eigenvalue weighted by Gasteiger charge is -2.04. The normalized spacial score (nSPS) is 10.3. The zero-order valence-electron chi connectivity index (χ0n) is 10.6. The maximum absolute atomic E-state index is 5.68. The predicted octanol–water partition coefficient (Wildman–Crippen LogP) is 1.90. The average Bonchev–Trinajstić information content (AvgIpc) is 2.85. The first-order valence-corrected chi connectivity index (χ1v) is 5.81. The number of hydrogen-bond acceptors (Lipinski definition) is 4. The standard InChI is InChI=1S/C13H17N3O2/c1-14-7-8-16-10-13(9-15-16)18-12-5-3-11(17-2)4-6-12/h3-6,9-10,14H,7-8H2,1-2H3. The highest BCUT2D eigenvalue weighted by Crippen LogP contribution is 2.23. The first-order valence-electron chi connectivity index (χ1n) is 5.81. The Morgan fingerprint density at radius 3 is 2.56 bits per heavy atom. The molecule has 1 aromatic heterocycles. The largest absolute Gasteiger partial charge is 0.497 e. The summed E-state index contributed by atoms with van der Waals surface area (Å²) in [6.07, 6.45) is 3.58. The lowest BCUT2D eigenvalue weighted by molar-refractivity contribution is 0.413. The van der Waals surface area contributed by atoms with Crippen LogP contribution in [0.3, 0.4) is 0 Å². The molecule has 0 saturated heterocycles. The number of benzene rings is 1. The van der Waals surface area contributed by atoms with Gasteiger partial charge in [0, 0.05) is 6.54 Å². The third-order valence-electron chi connectivity index (χ3n) is 2.50. The van der Waals surface area contributed by atoms with Crippen LogP contribution >= 0.6 is 0 Å². The molecule has 0 unspecified atom stereocenters. The molecule has 0 aliphatic heterocycles. The van der Waals surface area contributed by atoms with E-state index in [-0.39, 0.29) is 0 Å². The van der Waals surface area contributed by atoms with E-state index in [9.17, 15) is 0 Å². The maximum Gasteiger partial charge on any atom is 0.165 e. The minimum Gasteiger partial charge on any atom is -0.497 e. The second-order valence-electron chi connectivity index (χ2n) is 3.82. The Morgan fingerprint density at radius 2 is 1.89 bits per heavy atom. The van der Waals surface area contributed by atoms with Crippen molar-refractivity contribution in [3.63, 3.8) is 0 Å². The molecular weight excluding hydrogens is 230 g/mol. The van der Waals surface area contributed by atoms with E-state index in [0.717, 1.165) is 30.3 Å². The van der Waals surface area contributed by atoms with E-state index < -0.39 is 0 Å². The second kappa shape index (κ2) is 6.07. The molecule has 0 radical (unpaired) electrons. The van der Waals surface area contributed by atoms with Gasteiger partial charge in [-0.2, -0.15) is 5.10 Å². The fourth-order valence-corrected chi connectivity index (χ4v) is 1.53. The van der Waals surface area contributed by atoms with E-state index in [4.69, 9.17) is 9.47 Å². The van der Waals surface area contributed by atoms with E-state index in [1.54, 1.807) is 13.3 Å². The van der Waals surface area contributed by atoms with E-state index in [2.05, 4.69) is 10.4 Å². The third kappa shape index (κ3) is 3.24. The monoisotopic (exact) mass is 247 g/mol. The fraction of sp³-hybridized carbons (Fsp3) is 0.308. The van der Waals surface area contributed by atoms with Crippen molar-refractivity contribution in [3.8, 4) is 17.2 Å². The van der Waals surface area contributed by atoms with Crippen LogP contribution in [0.1, 0.15) is 0 Å². The van der Waals surface area contributed by atoms with Crippen LogP contribution in [0.5, 0.6) is 17.2 Å². The summed E-state index contributed by atoms with van der Waals surface area (Å²) < 4.78 is 12.6. The smallest absolute Gasteiger partial charge is 0.165 e. The first kappa shape index (κ1) is 12.4. The van der Waals surface area contributed by atoms with Gasteiger partial charge in [0.25, 0.3) is 0 Å². The summed E-state index contributed by atoms with van der Waals surface area (Å²) in [5.74, 6) is 2.31. The second-order valence-corrected chi connectivity index (χ2v) is 3.82. The molecule has 1 heterocycles. The van der Waals surface area contributed by atoms with Gasteiger partial charge in [-0.1, -0.05) is 0 Å². The van der Waals surface area contributed by atoms with Crippen LogP contribution in [-0.2, 0) is 6.54 Å². The van der Waals surface area contributed by atoms with Gasteiger partial charge in [-0.25, -0.2) is 0 Å². The van der Waals surface area contributed by atoms with Crippen molar-refractivity contribution in [2.75, 3.05) is 20.7 Å². The highest BCUT2D eigenvalue weighted by atomic mass is 16.5. The number of likely N-dealkylation sites (N-methyl/N-ethyl adjacent to an activating group) is 1. The van der Waals surface area contributed by atoms with Crippen molar-refractivity contribution in [3.05, 3.63) is 36.7 Å². The Labute approximate surface area is 106 Å². The van der Waals surface area contributed by atoms with Crippen LogP contribution in [0.2, 0.25) is 0 Å². The van der Waals surface area contributed by atoms with Crippen LogP contribution in [0.15, 0.2) is 36.7 Å². The molecule has 1 aromatic carbocycles. The molecule has 0 aliphatic rings. The van der Waals surface area contributed by atoms with Gasteiger partial charge in [0.2, 0.25) is 0 Å². The number of ether oxygens (including phenoxy) is 2. The quantitative estimate of drug-likeness (QED) is 0.847. The van der Waals surface area contributed by atoms with Gasteiger partial charge < -0.3 is 14.8 Å². The lowest BCUT2D eigenvalue weighted by Crippen LogP contribution is -2.14. The summed E-state index contributed by atoms with van der Waals surface area (Å²) in [5.41, 5.74) is 0. The summed E-state index contributed by atoms with van der Waals surface area (Å²) in [7, 11) is 3.56. The highest BCUT2D eigenvalue weighted by molar-refractivity contribution is 5.33. The molecule has 18 heavy (non-hydrogen) atoms. The average molecular weight is 247 g/mol. The summed E-state index contributed by atoms with van der Waals surface area (Å²) >= 11 is 0. The number of rotatable bonds is 6. The van der Waals surface area contributed by atoms with Crippen molar-refractivity contribution in [1.82, 2.24) is 15.1 Å². The molecule has 5 heteroatoms. The summed E-state index contributed by atoms with van der Waals surface area (Å²) in [6, 6.07) is 7.45. The van der Waals surface area contributed by atoms with Crippen LogP contribution in [0.25, 0.3) is 0 Å². The lowest BCUT2D eigenvalue weighted by atomic mass is 10.3. The maximum atomic E-state index is 5.68. The van der Waals surface area contributed by atoms with Crippen molar-refractivity contribution < 1.29 is 9.47 Å². The van der Waals surface area contributed by atoms with Gasteiger partial charge in [-0.15, -0.1) is 0 Å². The molecule has 0 saturated carbocycles. The first-order chi connectivity index (χ1) is 8.81. The Balaban J connectivity index is 1.97. The van der Waals surface area contributed by atoms with Crippen molar-refractivity contribution in [2.24, 2.45) is 0 Å². The fourth-order valence-electron chi connectivity index (χ4n) is 1.53. The number of nitrogens with zero attached hydrogens (tertiary/aromatic N) is 2. The summed E-state index contributed by atoms with van der Waals surface area (Å²) in [5, 5.41) is 7.28. The zero-order valence-corrected chi connectivity index (χ0v) is 10.6. The Hall–Kier alpha value is -2.01. The molecule has 5 nitrogen and oxygen atoms in total. The van der Waals surface area contributed by atoms with Crippen molar-refractivity contribution >= 4 is 0 Å². The van der Waals surface area contributed by atoms with Gasteiger partial charge in [0.05, 0.1) is 26.0 Å². The van der Waals surface area contributed by atoms with Gasteiger partial charge in [0.1, 0.15) is 11.5 Å². The molecule has 0 aliphatic carbocycles. The molecular formula is C13H17N3O2. The minimum atomic E-state index is 0.733. The molecule has 0 amide bonds. The van der Waals surface area contributed by atoms with Gasteiger partial charge in [0.15, 0.2) is 5.75 Å². The Bertz CT molecular complexity index is 479. The van der Waals surface area contributed by atoms with Crippen LogP contribution < -0.4 is 14.8 Å². The molecule has 2 rings (SSSR count). The van der Waals surface area contributed by atoms with E-state index in [1.807, 2.05) is 42.2 Å². The van der Waals surface area contributed by atoms with E-state index in [0.29, 0.717) is 0 Å². The SMILES string of the molecule is CNCCn1cc(Oc2ccc(OC)cc2)cn1. The van der Waals surface area contributed by atoms with Crippen LogP contribution in [0, 0.1) is 0 Å². The van der Waals surface area contributed by atoms with E-state index in [1.165, 1.54) is 0 Å². The number of hydrogen-bond donors (Lipinski definition) is 1. The molecule has 0 atom stereocenters.